The summed E-state index contributed by atoms with van der Waals surface area (Å²) in [5, 5.41) is 6.05. The summed E-state index contributed by atoms with van der Waals surface area (Å²) < 4.78 is 0.120. The first-order chi connectivity index (χ1) is 7.15. The van der Waals surface area contributed by atoms with Crippen LogP contribution in [0.4, 0.5) is 5.95 Å². The summed E-state index contributed by atoms with van der Waals surface area (Å²) in [6.07, 6.45) is 0. The van der Waals surface area contributed by atoms with Gasteiger partial charge in [0.15, 0.2) is 5.82 Å². The molecule has 0 fully saturated rings. The highest BCUT2D eigenvalue weighted by Crippen LogP contribution is 2.08. The molecule has 0 spiro atoms. The van der Waals surface area contributed by atoms with Crippen LogP contribution in [-0.2, 0) is 0 Å². The fourth-order valence-electron chi connectivity index (χ4n) is 0.999. The highest BCUT2D eigenvalue weighted by molar-refractivity contribution is 7.71. The number of aromatic nitrogens is 5. The van der Waals surface area contributed by atoms with E-state index >= 15 is 0 Å². The number of rotatable bonds is 1. The van der Waals surface area contributed by atoms with Crippen LogP contribution in [-0.4, -0.2) is 25.1 Å². The molecule has 0 aliphatic rings. The Bertz CT molecular complexity index is 582. The molecule has 0 aliphatic carbocycles. The summed E-state index contributed by atoms with van der Waals surface area (Å²) in [6.45, 7) is 0. The van der Waals surface area contributed by atoms with E-state index in [-0.39, 0.29) is 16.3 Å². The summed E-state index contributed by atoms with van der Waals surface area (Å²) in [5.74, 6) is 0.516. The Balaban J connectivity index is 2.58. The van der Waals surface area contributed by atoms with Crippen molar-refractivity contribution in [3.8, 4) is 11.5 Å². The predicted octanol–water partition coefficient (Wildman–Crippen LogP) is -0.133. The molecule has 0 unspecified atom stereocenters. The molecule has 0 atom stereocenters. The Hall–Kier alpha value is -2.09. The zero-order chi connectivity index (χ0) is 10.8. The maximum Gasteiger partial charge on any atom is 0.264 e. The van der Waals surface area contributed by atoms with Crippen molar-refractivity contribution in [1.82, 2.24) is 25.1 Å². The first-order valence-corrected chi connectivity index (χ1v) is 4.36. The third-order valence-electron chi connectivity index (χ3n) is 1.59. The maximum atomic E-state index is 10.8. The standard InChI is InChI=1S/C7H6N6OS/c8-6-9-5(10-7(15)11-6)3-1-2-4(14)13-12-3/h1-2H,(H,13,14)(H3,8,9,10,11,15). The fraction of sp³-hybridized carbons (Fsp3) is 0. The zero-order valence-electron chi connectivity index (χ0n) is 7.39. The van der Waals surface area contributed by atoms with Crippen LogP contribution in [0.25, 0.3) is 11.5 Å². The Labute approximate surface area is 88.4 Å². The van der Waals surface area contributed by atoms with Crippen molar-refractivity contribution < 1.29 is 0 Å². The van der Waals surface area contributed by atoms with E-state index in [1.54, 1.807) is 0 Å². The number of aromatic amines is 2. The smallest absolute Gasteiger partial charge is 0.264 e. The molecular weight excluding hydrogens is 216 g/mol. The molecule has 0 saturated carbocycles. The Morgan fingerprint density at radius 2 is 2.13 bits per heavy atom. The lowest BCUT2D eigenvalue weighted by Crippen LogP contribution is -2.07. The van der Waals surface area contributed by atoms with Crippen LogP contribution in [0.15, 0.2) is 16.9 Å². The van der Waals surface area contributed by atoms with Crippen molar-refractivity contribution in [2.75, 3.05) is 5.73 Å². The number of nitrogen functional groups attached to an aromatic ring is 1. The molecule has 2 aromatic rings. The average molecular weight is 222 g/mol. The largest absolute Gasteiger partial charge is 0.369 e. The van der Waals surface area contributed by atoms with E-state index in [1.165, 1.54) is 12.1 Å². The first-order valence-electron chi connectivity index (χ1n) is 3.95. The number of H-pyrrole nitrogens is 2. The van der Waals surface area contributed by atoms with Gasteiger partial charge in [-0.3, -0.25) is 4.79 Å². The lowest BCUT2D eigenvalue weighted by Gasteiger charge is -1.99. The highest BCUT2D eigenvalue weighted by atomic mass is 32.1. The molecule has 0 aliphatic heterocycles. The number of hydrogen-bond acceptors (Lipinski definition) is 6. The van der Waals surface area contributed by atoms with Crippen molar-refractivity contribution in [3.63, 3.8) is 0 Å². The molecule has 7 nitrogen and oxygen atoms in total. The second-order valence-corrected chi connectivity index (χ2v) is 3.04. The van der Waals surface area contributed by atoms with Crippen molar-refractivity contribution in [2.24, 2.45) is 0 Å². The van der Waals surface area contributed by atoms with Gasteiger partial charge in [-0.05, 0) is 18.3 Å². The summed E-state index contributed by atoms with van der Waals surface area (Å²) in [5.41, 5.74) is 5.60. The van der Waals surface area contributed by atoms with Gasteiger partial charge in [0, 0.05) is 6.07 Å². The third-order valence-corrected chi connectivity index (χ3v) is 1.77. The number of nitrogens with zero attached hydrogens (tertiary/aromatic N) is 3. The number of nitrogens with two attached hydrogens (primary N) is 1. The Morgan fingerprint density at radius 1 is 1.33 bits per heavy atom. The molecule has 76 valence electrons. The number of hydrogen-bond donors (Lipinski definition) is 3. The highest BCUT2D eigenvalue weighted by Gasteiger charge is 2.02. The van der Waals surface area contributed by atoms with Gasteiger partial charge in [0.25, 0.3) is 5.56 Å². The van der Waals surface area contributed by atoms with E-state index in [1.807, 2.05) is 0 Å². The fourth-order valence-corrected chi connectivity index (χ4v) is 1.19. The molecule has 2 heterocycles. The van der Waals surface area contributed by atoms with Gasteiger partial charge in [-0.25, -0.2) is 5.10 Å². The van der Waals surface area contributed by atoms with Crippen molar-refractivity contribution in [3.05, 3.63) is 27.3 Å². The number of anilines is 1. The minimum atomic E-state index is -0.292. The minimum Gasteiger partial charge on any atom is -0.369 e. The molecule has 2 rings (SSSR count). The predicted molar refractivity (Wildman–Crippen MR) is 55.5 cm³/mol. The Kier molecular flexibility index (Phi) is 2.26. The molecular formula is C7H6N6OS. The van der Waals surface area contributed by atoms with Crippen molar-refractivity contribution >= 4 is 18.2 Å². The molecule has 2 aromatic heterocycles. The topological polar surface area (TPSA) is 113 Å². The van der Waals surface area contributed by atoms with Gasteiger partial charge in [-0.15, -0.1) is 0 Å². The van der Waals surface area contributed by atoms with Crippen LogP contribution in [0.1, 0.15) is 0 Å². The average Bonchev–Trinajstić information content (AvgIpc) is 2.17. The normalized spacial score (nSPS) is 10.1. The Morgan fingerprint density at radius 3 is 2.73 bits per heavy atom. The minimum absolute atomic E-state index is 0.120. The van der Waals surface area contributed by atoms with Crippen LogP contribution in [0, 0.1) is 4.77 Å². The van der Waals surface area contributed by atoms with Gasteiger partial charge >= 0.3 is 0 Å². The third kappa shape index (κ3) is 2.05. The molecule has 0 saturated heterocycles. The van der Waals surface area contributed by atoms with E-state index in [0.29, 0.717) is 11.5 Å². The van der Waals surface area contributed by atoms with Crippen molar-refractivity contribution in [1.29, 1.82) is 0 Å². The van der Waals surface area contributed by atoms with Gasteiger partial charge in [0.05, 0.1) is 0 Å². The van der Waals surface area contributed by atoms with Gasteiger partial charge in [0.2, 0.25) is 10.7 Å². The molecule has 8 heteroatoms. The van der Waals surface area contributed by atoms with E-state index in [9.17, 15) is 4.79 Å². The van der Waals surface area contributed by atoms with Gasteiger partial charge < -0.3 is 10.7 Å². The van der Waals surface area contributed by atoms with Crippen LogP contribution in [0.5, 0.6) is 0 Å². The van der Waals surface area contributed by atoms with Crippen LogP contribution >= 0.6 is 12.2 Å². The summed E-state index contributed by atoms with van der Waals surface area (Å²) >= 11 is 4.79. The van der Waals surface area contributed by atoms with Gasteiger partial charge in [-0.1, -0.05) is 0 Å². The number of nitrogens with one attached hydrogen (secondary N) is 2. The summed E-state index contributed by atoms with van der Waals surface area (Å²) in [4.78, 5) is 21.1. The monoisotopic (exact) mass is 222 g/mol. The van der Waals surface area contributed by atoms with E-state index in [0.717, 1.165) is 0 Å². The van der Waals surface area contributed by atoms with Crippen molar-refractivity contribution in [2.45, 2.75) is 0 Å². The van der Waals surface area contributed by atoms with Gasteiger partial charge in [0.1, 0.15) is 5.69 Å². The maximum absolute atomic E-state index is 10.8. The SMILES string of the molecule is Nc1nc(=S)nc(-c2ccc(=O)[nH]n2)[nH]1. The van der Waals surface area contributed by atoms with Crippen LogP contribution in [0.2, 0.25) is 0 Å². The summed E-state index contributed by atoms with van der Waals surface area (Å²) in [6, 6.07) is 2.84. The van der Waals surface area contributed by atoms with E-state index in [2.05, 4.69) is 25.1 Å². The first kappa shape index (κ1) is 9.46. The van der Waals surface area contributed by atoms with Crippen LogP contribution < -0.4 is 11.3 Å². The molecule has 0 bridgehead atoms. The molecule has 0 amide bonds. The zero-order valence-corrected chi connectivity index (χ0v) is 8.21. The van der Waals surface area contributed by atoms with E-state index < -0.39 is 0 Å². The second-order valence-electron chi connectivity index (χ2n) is 2.67. The van der Waals surface area contributed by atoms with E-state index in [4.69, 9.17) is 18.0 Å². The quantitative estimate of drug-likeness (QED) is 0.579. The molecule has 4 N–H and O–H groups in total. The lowest BCUT2D eigenvalue weighted by molar-refractivity contribution is 0.962. The molecule has 0 radical (unpaired) electrons. The van der Waals surface area contributed by atoms with Gasteiger partial charge in [-0.2, -0.15) is 15.1 Å². The summed E-state index contributed by atoms with van der Waals surface area (Å²) in [7, 11) is 0. The second kappa shape index (κ2) is 3.58. The molecule has 0 aromatic carbocycles. The van der Waals surface area contributed by atoms with Crippen LogP contribution in [0.3, 0.4) is 0 Å². The molecule has 15 heavy (non-hydrogen) atoms. The lowest BCUT2D eigenvalue weighted by atomic mass is 10.4.